The van der Waals surface area contributed by atoms with Gasteiger partial charge in [0.15, 0.2) is 4.90 Å². The highest BCUT2D eigenvalue weighted by Gasteiger charge is 2.27. The summed E-state index contributed by atoms with van der Waals surface area (Å²) in [4.78, 5) is 23.6. The fraction of sp³-hybridized carbons (Fsp3) is 0.412. The predicted octanol–water partition coefficient (Wildman–Crippen LogP) is 1.46. The fourth-order valence-corrected chi connectivity index (χ4v) is 3.68. The summed E-state index contributed by atoms with van der Waals surface area (Å²) in [7, 11) is -1.76. The van der Waals surface area contributed by atoms with E-state index in [1.165, 1.54) is 21.0 Å². The van der Waals surface area contributed by atoms with E-state index in [-0.39, 0.29) is 16.9 Å². The van der Waals surface area contributed by atoms with Gasteiger partial charge in [-0.3, -0.25) is 13.9 Å². The zero-order valence-corrected chi connectivity index (χ0v) is 16.0. The van der Waals surface area contributed by atoms with Crippen LogP contribution in [0.25, 0.3) is 0 Å². The van der Waals surface area contributed by atoms with E-state index in [9.17, 15) is 18.0 Å². The minimum Gasteiger partial charge on any atom is -0.379 e. The van der Waals surface area contributed by atoms with E-state index in [4.69, 9.17) is 4.18 Å². The molecule has 0 aliphatic rings. The van der Waals surface area contributed by atoms with Gasteiger partial charge in [0.1, 0.15) is 5.75 Å². The topological polar surface area (TPSA) is 87.4 Å². The van der Waals surface area contributed by atoms with Crippen molar-refractivity contribution in [3.05, 3.63) is 56.4 Å². The van der Waals surface area contributed by atoms with Gasteiger partial charge in [0.25, 0.3) is 5.56 Å². The maximum atomic E-state index is 12.6. The fourth-order valence-electron chi connectivity index (χ4n) is 2.38. The molecule has 0 N–H and O–H groups in total. The molecule has 0 aliphatic heterocycles. The first-order chi connectivity index (χ1) is 11.4. The van der Waals surface area contributed by atoms with Crippen molar-refractivity contribution >= 4 is 10.1 Å². The Morgan fingerprint density at radius 1 is 0.960 bits per heavy atom. The van der Waals surface area contributed by atoms with Crippen LogP contribution in [0.1, 0.15) is 32.0 Å². The first-order valence-electron chi connectivity index (χ1n) is 7.68. The number of aromatic nitrogens is 2. The quantitative estimate of drug-likeness (QED) is 0.768. The number of rotatable bonds is 3. The first-order valence-corrected chi connectivity index (χ1v) is 9.08. The van der Waals surface area contributed by atoms with Crippen LogP contribution in [0.4, 0.5) is 0 Å². The predicted molar refractivity (Wildman–Crippen MR) is 94.6 cm³/mol. The second-order valence-electron chi connectivity index (χ2n) is 6.93. The molecule has 1 heterocycles. The third-order valence-electron chi connectivity index (χ3n) is 4.08. The lowest BCUT2D eigenvalue weighted by Gasteiger charge is -2.19. The second-order valence-corrected chi connectivity index (χ2v) is 8.42. The lowest BCUT2D eigenvalue weighted by Crippen LogP contribution is -2.41. The van der Waals surface area contributed by atoms with Crippen molar-refractivity contribution in [2.75, 3.05) is 0 Å². The van der Waals surface area contributed by atoms with Gasteiger partial charge >= 0.3 is 15.8 Å². The maximum absolute atomic E-state index is 12.6. The molecule has 8 heteroatoms. The first kappa shape index (κ1) is 19.0. The second kappa shape index (κ2) is 6.18. The summed E-state index contributed by atoms with van der Waals surface area (Å²) in [6.45, 7) is 7.51. The summed E-state index contributed by atoms with van der Waals surface area (Å²) < 4.78 is 32.1. The van der Waals surface area contributed by atoms with Crippen LogP contribution in [0.15, 0.2) is 38.8 Å². The van der Waals surface area contributed by atoms with Gasteiger partial charge in [0.05, 0.1) is 0 Å². The average Bonchev–Trinajstić information content (AvgIpc) is 2.50. The molecule has 2 rings (SSSR count). The van der Waals surface area contributed by atoms with Gasteiger partial charge in [-0.2, -0.15) is 8.42 Å². The van der Waals surface area contributed by atoms with Crippen LogP contribution in [0.3, 0.4) is 0 Å². The molecule has 1 aromatic carbocycles. The molecule has 136 valence electrons. The molecule has 0 saturated carbocycles. The monoisotopic (exact) mass is 366 g/mol. The number of hydrogen-bond acceptors (Lipinski definition) is 5. The van der Waals surface area contributed by atoms with Crippen molar-refractivity contribution in [3.63, 3.8) is 0 Å². The van der Waals surface area contributed by atoms with Gasteiger partial charge in [0.2, 0.25) is 0 Å². The van der Waals surface area contributed by atoms with Crippen LogP contribution in [0.2, 0.25) is 0 Å². The molecule has 0 unspecified atom stereocenters. The number of nitrogens with zero attached hydrogens (tertiary/aromatic N) is 2. The van der Waals surface area contributed by atoms with E-state index in [2.05, 4.69) is 0 Å². The summed E-state index contributed by atoms with van der Waals surface area (Å²) in [5.74, 6) is 0.100. The minimum atomic E-state index is -4.38. The van der Waals surface area contributed by atoms with Gasteiger partial charge in [-0.1, -0.05) is 32.9 Å². The SMILES string of the molecule is Cc1c(S(=O)(=O)Oc2ccc(C(C)(C)C)cc2)c(=O)n(C)c(=O)n1C. The molecule has 0 amide bonds. The van der Waals surface area contributed by atoms with E-state index in [0.717, 1.165) is 14.7 Å². The lowest BCUT2D eigenvalue weighted by molar-refractivity contribution is 0.478. The van der Waals surface area contributed by atoms with E-state index < -0.39 is 26.3 Å². The maximum Gasteiger partial charge on any atom is 0.346 e. The Morgan fingerprint density at radius 2 is 1.48 bits per heavy atom. The molecular weight excluding hydrogens is 344 g/mol. The Balaban J connectivity index is 2.51. The Morgan fingerprint density at radius 3 is 1.96 bits per heavy atom. The van der Waals surface area contributed by atoms with E-state index in [1.54, 1.807) is 24.3 Å². The molecule has 0 aliphatic carbocycles. The highest BCUT2D eigenvalue weighted by molar-refractivity contribution is 7.87. The molecule has 7 nitrogen and oxygen atoms in total. The number of hydrogen-bond donors (Lipinski definition) is 0. The standard InChI is InChI=1S/C17H22N2O5S/c1-11-14(15(20)19(6)16(21)18(11)5)25(22,23)24-13-9-7-12(8-10-13)17(2,3)4/h7-10H,1-6H3. The molecule has 0 bridgehead atoms. The van der Waals surface area contributed by atoms with Crippen molar-refractivity contribution in [1.29, 1.82) is 0 Å². The molecule has 0 saturated heterocycles. The molecule has 0 atom stereocenters. The van der Waals surface area contributed by atoms with Crippen LogP contribution in [-0.2, 0) is 29.6 Å². The summed E-state index contributed by atoms with van der Waals surface area (Å²) in [6.07, 6.45) is 0. The number of benzene rings is 1. The third kappa shape index (κ3) is 3.53. The molecule has 0 spiro atoms. The van der Waals surface area contributed by atoms with Crippen molar-refractivity contribution in [2.45, 2.75) is 38.0 Å². The van der Waals surface area contributed by atoms with Gasteiger partial charge in [-0.15, -0.1) is 0 Å². The van der Waals surface area contributed by atoms with Gasteiger partial charge in [-0.25, -0.2) is 4.79 Å². The molecule has 25 heavy (non-hydrogen) atoms. The van der Waals surface area contributed by atoms with Crippen molar-refractivity contribution in [2.24, 2.45) is 14.1 Å². The van der Waals surface area contributed by atoms with E-state index in [0.29, 0.717) is 0 Å². The summed E-state index contributed by atoms with van der Waals surface area (Å²) in [5, 5.41) is 0. The molecule has 0 fully saturated rings. The van der Waals surface area contributed by atoms with Crippen LogP contribution in [-0.4, -0.2) is 17.6 Å². The van der Waals surface area contributed by atoms with Gasteiger partial charge in [0, 0.05) is 19.8 Å². The Bertz CT molecular complexity index is 1020. The Kier molecular flexibility index (Phi) is 4.69. The zero-order chi connectivity index (χ0) is 19.2. The van der Waals surface area contributed by atoms with Crippen molar-refractivity contribution < 1.29 is 12.6 Å². The summed E-state index contributed by atoms with van der Waals surface area (Å²) in [6, 6.07) is 6.63. The largest absolute Gasteiger partial charge is 0.379 e. The smallest absolute Gasteiger partial charge is 0.346 e. The molecule has 2 aromatic rings. The minimum absolute atomic E-state index is 0.0272. The molecule has 1 aromatic heterocycles. The normalized spacial score (nSPS) is 12.2. The van der Waals surface area contributed by atoms with Crippen LogP contribution in [0, 0.1) is 6.92 Å². The zero-order valence-electron chi connectivity index (χ0n) is 15.2. The van der Waals surface area contributed by atoms with Crippen molar-refractivity contribution in [3.8, 4) is 5.75 Å². The van der Waals surface area contributed by atoms with Crippen molar-refractivity contribution in [1.82, 2.24) is 9.13 Å². The highest BCUT2D eigenvalue weighted by atomic mass is 32.2. The van der Waals surface area contributed by atoms with Crippen LogP contribution < -0.4 is 15.4 Å². The third-order valence-corrected chi connectivity index (χ3v) is 5.46. The van der Waals surface area contributed by atoms with Gasteiger partial charge in [-0.05, 0) is 30.0 Å². The molecular formula is C17H22N2O5S. The summed E-state index contributed by atoms with van der Waals surface area (Å²) >= 11 is 0. The highest BCUT2D eigenvalue weighted by Crippen LogP contribution is 2.25. The van der Waals surface area contributed by atoms with Crippen LogP contribution >= 0.6 is 0 Å². The van der Waals surface area contributed by atoms with E-state index >= 15 is 0 Å². The Labute approximate surface area is 146 Å². The summed E-state index contributed by atoms with van der Waals surface area (Å²) in [5.41, 5.74) is -0.546. The molecule has 0 radical (unpaired) electrons. The van der Waals surface area contributed by atoms with E-state index in [1.807, 2.05) is 20.8 Å². The van der Waals surface area contributed by atoms with Crippen LogP contribution in [0.5, 0.6) is 5.75 Å². The Hall–Kier alpha value is -2.35. The average molecular weight is 366 g/mol. The lowest BCUT2D eigenvalue weighted by atomic mass is 9.87. The van der Waals surface area contributed by atoms with Gasteiger partial charge < -0.3 is 4.18 Å².